The van der Waals surface area contributed by atoms with Gasteiger partial charge >= 0.3 is 6.03 Å². The van der Waals surface area contributed by atoms with E-state index in [1.165, 1.54) is 0 Å². The van der Waals surface area contributed by atoms with Crippen molar-refractivity contribution in [1.29, 1.82) is 0 Å². The summed E-state index contributed by atoms with van der Waals surface area (Å²) in [4.78, 5) is 24.8. The SMILES string of the molecule is CC(C)NC(=O)NC(=O)CN(C)Cc1cnn(C)c1. The van der Waals surface area contributed by atoms with Gasteiger partial charge in [0.2, 0.25) is 5.91 Å². The number of rotatable bonds is 5. The van der Waals surface area contributed by atoms with Crippen LogP contribution in [-0.2, 0) is 18.4 Å². The van der Waals surface area contributed by atoms with Gasteiger partial charge in [-0.25, -0.2) is 4.79 Å². The molecule has 19 heavy (non-hydrogen) atoms. The number of carbonyl (C=O) groups is 2. The van der Waals surface area contributed by atoms with E-state index in [4.69, 9.17) is 0 Å². The molecule has 1 heterocycles. The number of urea groups is 1. The lowest BCUT2D eigenvalue weighted by Gasteiger charge is -2.15. The molecular weight excluding hydrogens is 246 g/mol. The zero-order valence-electron chi connectivity index (χ0n) is 11.8. The van der Waals surface area contributed by atoms with Crippen molar-refractivity contribution < 1.29 is 9.59 Å². The molecular formula is C12H21N5O2. The van der Waals surface area contributed by atoms with Crippen LogP contribution in [0, 0.1) is 0 Å². The van der Waals surface area contributed by atoms with Gasteiger partial charge in [0.25, 0.3) is 0 Å². The molecule has 1 rings (SSSR count). The van der Waals surface area contributed by atoms with E-state index in [1.807, 2.05) is 39.0 Å². The van der Waals surface area contributed by atoms with Gasteiger partial charge in [-0.05, 0) is 20.9 Å². The lowest BCUT2D eigenvalue weighted by Crippen LogP contribution is -2.45. The third kappa shape index (κ3) is 6.01. The van der Waals surface area contributed by atoms with E-state index in [1.54, 1.807) is 10.9 Å². The van der Waals surface area contributed by atoms with Gasteiger partial charge in [-0.2, -0.15) is 5.10 Å². The highest BCUT2D eigenvalue weighted by Gasteiger charge is 2.11. The number of nitrogens with zero attached hydrogens (tertiary/aromatic N) is 3. The van der Waals surface area contributed by atoms with Gasteiger partial charge in [0, 0.05) is 31.4 Å². The second kappa shape index (κ2) is 6.89. The summed E-state index contributed by atoms with van der Waals surface area (Å²) in [6.07, 6.45) is 3.64. The van der Waals surface area contributed by atoms with Crippen molar-refractivity contribution in [3.8, 4) is 0 Å². The van der Waals surface area contributed by atoms with Crippen molar-refractivity contribution >= 4 is 11.9 Å². The molecule has 106 valence electrons. The summed E-state index contributed by atoms with van der Waals surface area (Å²) >= 11 is 0. The van der Waals surface area contributed by atoms with Gasteiger partial charge in [0.1, 0.15) is 0 Å². The van der Waals surface area contributed by atoms with Gasteiger partial charge < -0.3 is 5.32 Å². The molecule has 0 fully saturated rings. The zero-order valence-corrected chi connectivity index (χ0v) is 11.8. The highest BCUT2D eigenvalue weighted by molar-refractivity contribution is 5.95. The fraction of sp³-hybridized carbons (Fsp3) is 0.583. The maximum Gasteiger partial charge on any atom is 0.321 e. The van der Waals surface area contributed by atoms with Crippen molar-refractivity contribution in [2.45, 2.75) is 26.4 Å². The average Bonchev–Trinajstić information content (AvgIpc) is 2.61. The molecule has 0 saturated heterocycles. The number of likely N-dealkylation sites (N-methyl/N-ethyl adjacent to an activating group) is 1. The Morgan fingerprint density at radius 2 is 2.16 bits per heavy atom. The molecule has 0 aliphatic heterocycles. The fourth-order valence-corrected chi connectivity index (χ4v) is 1.63. The molecule has 0 saturated carbocycles. The minimum absolute atomic E-state index is 0.000854. The standard InChI is InChI=1S/C12H21N5O2/c1-9(2)14-12(19)15-11(18)8-16(3)6-10-5-13-17(4)7-10/h5,7,9H,6,8H2,1-4H3,(H2,14,15,18,19). The van der Waals surface area contributed by atoms with Crippen LogP contribution in [0.2, 0.25) is 0 Å². The number of nitrogens with one attached hydrogen (secondary N) is 2. The molecule has 0 aliphatic rings. The lowest BCUT2D eigenvalue weighted by molar-refractivity contribution is -0.120. The first-order chi connectivity index (χ1) is 8.86. The minimum Gasteiger partial charge on any atom is -0.336 e. The normalized spacial score (nSPS) is 10.8. The van der Waals surface area contributed by atoms with Gasteiger partial charge in [0.05, 0.1) is 12.7 Å². The van der Waals surface area contributed by atoms with Crippen molar-refractivity contribution in [1.82, 2.24) is 25.3 Å². The number of imide groups is 1. The van der Waals surface area contributed by atoms with Gasteiger partial charge in [0.15, 0.2) is 0 Å². The number of hydrogen-bond acceptors (Lipinski definition) is 4. The van der Waals surface area contributed by atoms with Crippen LogP contribution in [0.4, 0.5) is 4.79 Å². The Morgan fingerprint density at radius 3 is 2.68 bits per heavy atom. The first-order valence-corrected chi connectivity index (χ1v) is 6.13. The molecule has 1 aromatic rings. The maximum atomic E-state index is 11.6. The number of aryl methyl sites for hydroxylation is 1. The van der Waals surface area contributed by atoms with E-state index in [0.29, 0.717) is 6.54 Å². The van der Waals surface area contributed by atoms with Gasteiger partial charge in [-0.1, -0.05) is 0 Å². The quantitative estimate of drug-likeness (QED) is 0.792. The van der Waals surface area contributed by atoms with E-state index in [2.05, 4.69) is 15.7 Å². The van der Waals surface area contributed by atoms with Crippen molar-refractivity contribution in [2.75, 3.05) is 13.6 Å². The summed E-state index contributed by atoms with van der Waals surface area (Å²) < 4.78 is 1.71. The van der Waals surface area contributed by atoms with E-state index >= 15 is 0 Å². The topological polar surface area (TPSA) is 79.3 Å². The predicted octanol–water partition coefficient (Wildman–Crippen LogP) is 0.0861. The molecule has 2 N–H and O–H groups in total. The Labute approximate surface area is 113 Å². The van der Waals surface area contributed by atoms with Crippen LogP contribution in [0.1, 0.15) is 19.4 Å². The number of aromatic nitrogens is 2. The third-order valence-electron chi connectivity index (χ3n) is 2.30. The first-order valence-electron chi connectivity index (χ1n) is 6.13. The summed E-state index contributed by atoms with van der Waals surface area (Å²) in [7, 11) is 3.65. The Morgan fingerprint density at radius 1 is 1.47 bits per heavy atom. The second-order valence-electron chi connectivity index (χ2n) is 4.87. The van der Waals surface area contributed by atoms with Crippen LogP contribution in [0.15, 0.2) is 12.4 Å². The lowest BCUT2D eigenvalue weighted by atomic mass is 10.3. The van der Waals surface area contributed by atoms with Gasteiger partial charge in [-0.3, -0.25) is 19.7 Å². The van der Waals surface area contributed by atoms with Crippen molar-refractivity contribution in [2.24, 2.45) is 7.05 Å². The van der Waals surface area contributed by atoms with E-state index < -0.39 is 6.03 Å². The number of hydrogen-bond donors (Lipinski definition) is 2. The monoisotopic (exact) mass is 267 g/mol. The Kier molecular flexibility index (Phi) is 5.50. The maximum absolute atomic E-state index is 11.6. The highest BCUT2D eigenvalue weighted by Crippen LogP contribution is 2.00. The molecule has 0 radical (unpaired) electrons. The summed E-state index contributed by atoms with van der Waals surface area (Å²) in [5.74, 6) is -0.329. The summed E-state index contributed by atoms with van der Waals surface area (Å²) in [5.41, 5.74) is 1.02. The summed E-state index contributed by atoms with van der Waals surface area (Å²) in [6, 6.07) is -0.462. The summed E-state index contributed by atoms with van der Waals surface area (Å²) in [5, 5.41) is 8.93. The first kappa shape index (κ1) is 15.2. The molecule has 0 unspecified atom stereocenters. The van der Waals surface area contributed by atoms with Crippen LogP contribution in [0.5, 0.6) is 0 Å². The molecule has 7 nitrogen and oxygen atoms in total. The third-order valence-corrected chi connectivity index (χ3v) is 2.30. The minimum atomic E-state index is -0.463. The van der Waals surface area contributed by atoms with E-state index in [0.717, 1.165) is 5.56 Å². The fourth-order valence-electron chi connectivity index (χ4n) is 1.63. The van der Waals surface area contributed by atoms with Crippen molar-refractivity contribution in [3.05, 3.63) is 18.0 Å². The molecule has 0 spiro atoms. The molecule has 0 aliphatic carbocycles. The molecule has 0 atom stereocenters. The largest absolute Gasteiger partial charge is 0.336 e. The van der Waals surface area contributed by atoms with Crippen LogP contribution in [0.25, 0.3) is 0 Å². The van der Waals surface area contributed by atoms with Crippen LogP contribution < -0.4 is 10.6 Å². The van der Waals surface area contributed by atoms with Crippen molar-refractivity contribution in [3.63, 3.8) is 0 Å². The zero-order chi connectivity index (χ0) is 14.4. The second-order valence-corrected chi connectivity index (χ2v) is 4.87. The smallest absolute Gasteiger partial charge is 0.321 e. The Balaban J connectivity index is 2.33. The predicted molar refractivity (Wildman–Crippen MR) is 71.4 cm³/mol. The number of amides is 3. The molecule has 0 bridgehead atoms. The Hall–Kier alpha value is -1.89. The van der Waals surface area contributed by atoms with Crippen LogP contribution in [0.3, 0.4) is 0 Å². The summed E-state index contributed by atoms with van der Waals surface area (Å²) in [6.45, 7) is 4.42. The molecule has 0 aromatic carbocycles. The van der Waals surface area contributed by atoms with Crippen LogP contribution >= 0.6 is 0 Å². The molecule has 7 heteroatoms. The number of carbonyl (C=O) groups excluding carboxylic acids is 2. The molecule has 1 aromatic heterocycles. The highest BCUT2D eigenvalue weighted by atomic mass is 16.2. The van der Waals surface area contributed by atoms with Crippen LogP contribution in [-0.4, -0.2) is 46.3 Å². The molecule has 3 amide bonds. The average molecular weight is 267 g/mol. The Bertz CT molecular complexity index is 441. The van der Waals surface area contributed by atoms with E-state index in [-0.39, 0.29) is 18.5 Å². The van der Waals surface area contributed by atoms with E-state index in [9.17, 15) is 9.59 Å². The van der Waals surface area contributed by atoms with Gasteiger partial charge in [-0.15, -0.1) is 0 Å².